The van der Waals surface area contributed by atoms with Gasteiger partial charge >= 0.3 is 6.18 Å². The normalized spacial score (nSPS) is 11.7. The van der Waals surface area contributed by atoms with Crippen molar-refractivity contribution in [3.8, 4) is 16.9 Å². The lowest BCUT2D eigenvalue weighted by Gasteiger charge is -2.11. The topological polar surface area (TPSA) is 3.88 Å². The van der Waals surface area contributed by atoms with Crippen LogP contribution in [0.3, 0.4) is 0 Å². The standard InChI is InChI=1S/C23H17F3N/c1-16-21-10-6-5-9-18(21)15-27(22(16)17-7-3-2-4-8-17)20-13-11-19(12-14-20)23(24,25)26/h2-15H,1H3/q+1. The molecule has 0 aliphatic rings. The number of fused-ring (bicyclic) bond motifs is 1. The van der Waals surface area contributed by atoms with Gasteiger partial charge in [0.1, 0.15) is 0 Å². The summed E-state index contributed by atoms with van der Waals surface area (Å²) in [5.74, 6) is 0. The zero-order valence-electron chi connectivity index (χ0n) is 14.7. The summed E-state index contributed by atoms with van der Waals surface area (Å²) in [4.78, 5) is 0. The van der Waals surface area contributed by atoms with Gasteiger partial charge < -0.3 is 0 Å². The Morgan fingerprint density at radius 1 is 0.741 bits per heavy atom. The van der Waals surface area contributed by atoms with Crippen molar-refractivity contribution in [1.29, 1.82) is 0 Å². The van der Waals surface area contributed by atoms with Crippen LogP contribution in [0.25, 0.3) is 27.7 Å². The van der Waals surface area contributed by atoms with E-state index in [9.17, 15) is 13.2 Å². The van der Waals surface area contributed by atoms with Crippen molar-refractivity contribution >= 4 is 10.8 Å². The van der Waals surface area contributed by atoms with Crippen LogP contribution < -0.4 is 4.57 Å². The fourth-order valence-corrected chi connectivity index (χ4v) is 3.43. The summed E-state index contributed by atoms with van der Waals surface area (Å²) in [6.07, 6.45) is -2.36. The van der Waals surface area contributed by atoms with Crippen molar-refractivity contribution in [3.63, 3.8) is 0 Å². The Morgan fingerprint density at radius 2 is 1.37 bits per heavy atom. The van der Waals surface area contributed by atoms with Crippen LogP contribution in [0, 0.1) is 6.92 Å². The largest absolute Gasteiger partial charge is 0.416 e. The van der Waals surface area contributed by atoms with Crippen molar-refractivity contribution in [1.82, 2.24) is 0 Å². The third kappa shape index (κ3) is 3.19. The highest BCUT2D eigenvalue weighted by Crippen LogP contribution is 2.30. The van der Waals surface area contributed by atoms with Gasteiger partial charge in [-0.2, -0.15) is 17.7 Å². The van der Waals surface area contributed by atoms with Crippen LogP contribution in [-0.4, -0.2) is 0 Å². The molecule has 0 aliphatic carbocycles. The maximum Gasteiger partial charge on any atom is 0.416 e. The molecule has 0 atom stereocenters. The molecule has 0 unspecified atom stereocenters. The zero-order valence-corrected chi connectivity index (χ0v) is 14.7. The van der Waals surface area contributed by atoms with Gasteiger partial charge in [0.15, 0.2) is 6.20 Å². The molecule has 0 bridgehead atoms. The fraction of sp³-hybridized carbons (Fsp3) is 0.0870. The molecule has 0 amide bonds. The first-order chi connectivity index (χ1) is 12.9. The molecular weight excluding hydrogens is 347 g/mol. The molecule has 1 heterocycles. The first kappa shape index (κ1) is 17.3. The van der Waals surface area contributed by atoms with E-state index in [1.165, 1.54) is 12.1 Å². The lowest BCUT2D eigenvalue weighted by molar-refractivity contribution is -0.582. The Bertz CT molecular complexity index is 1100. The van der Waals surface area contributed by atoms with Crippen LogP contribution in [0.2, 0.25) is 0 Å². The number of hydrogen-bond acceptors (Lipinski definition) is 0. The Morgan fingerprint density at radius 3 is 2.04 bits per heavy atom. The minimum atomic E-state index is -4.34. The summed E-state index contributed by atoms with van der Waals surface area (Å²) in [6, 6.07) is 23.2. The van der Waals surface area contributed by atoms with Crippen LogP contribution >= 0.6 is 0 Å². The maximum atomic E-state index is 12.9. The van der Waals surface area contributed by atoms with Gasteiger partial charge in [0.05, 0.1) is 5.56 Å². The quantitative estimate of drug-likeness (QED) is 0.378. The van der Waals surface area contributed by atoms with Gasteiger partial charge in [0, 0.05) is 28.6 Å². The zero-order chi connectivity index (χ0) is 19.0. The molecule has 4 aromatic rings. The molecule has 1 nitrogen and oxygen atoms in total. The minimum Gasteiger partial charge on any atom is -0.166 e. The first-order valence-electron chi connectivity index (χ1n) is 8.62. The van der Waals surface area contributed by atoms with E-state index in [1.807, 2.05) is 66.2 Å². The van der Waals surface area contributed by atoms with Gasteiger partial charge in [-0.15, -0.1) is 0 Å². The Hall–Kier alpha value is -3.14. The Labute approximate surface area is 155 Å². The number of pyridine rings is 1. The summed E-state index contributed by atoms with van der Waals surface area (Å²) < 4.78 is 40.8. The molecule has 134 valence electrons. The van der Waals surface area contributed by atoms with Gasteiger partial charge in [-0.3, -0.25) is 0 Å². The first-order valence-corrected chi connectivity index (χ1v) is 8.62. The molecule has 27 heavy (non-hydrogen) atoms. The molecule has 0 N–H and O–H groups in total. The number of aryl methyl sites for hydroxylation is 1. The maximum absolute atomic E-state index is 12.9. The van der Waals surface area contributed by atoms with Gasteiger partial charge in [-0.05, 0) is 42.6 Å². The second-order valence-electron chi connectivity index (χ2n) is 6.47. The van der Waals surface area contributed by atoms with E-state index in [0.29, 0.717) is 5.69 Å². The molecule has 0 spiro atoms. The monoisotopic (exact) mass is 364 g/mol. The summed E-state index contributed by atoms with van der Waals surface area (Å²) in [6.45, 7) is 2.05. The molecule has 0 aliphatic heterocycles. The second-order valence-corrected chi connectivity index (χ2v) is 6.47. The van der Waals surface area contributed by atoms with Crippen LogP contribution in [0.5, 0.6) is 0 Å². The van der Waals surface area contributed by atoms with E-state index in [0.717, 1.165) is 39.7 Å². The lowest BCUT2D eigenvalue weighted by Crippen LogP contribution is -2.34. The van der Waals surface area contributed by atoms with E-state index in [-0.39, 0.29) is 0 Å². The minimum absolute atomic E-state index is 0.648. The van der Waals surface area contributed by atoms with E-state index >= 15 is 0 Å². The molecule has 4 rings (SSSR count). The summed E-state index contributed by atoms with van der Waals surface area (Å²) in [5, 5.41) is 2.16. The number of halogens is 3. The highest BCUT2D eigenvalue weighted by molar-refractivity contribution is 5.88. The molecular formula is C23H17F3N+. The van der Waals surface area contributed by atoms with Crippen LogP contribution in [-0.2, 0) is 6.18 Å². The number of benzene rings is 3. The fourth-order valence-electron chi connectivity index (χ4n) is 3.43. The third-order valence-electron chi connectivity index (χ3n) is 4.75. The second kappa shape index (κ2) is 6.54. The smallest absolute Gasteiger partial charge is 0.166 e. The highest BCUT2D eigenvalue weighted by atomic mass is 19.4. The number of hydrogen-bond donors (Lipinski definition) is 0. The summed E-state index contributed by atoms with van der Waals surface area (Å²) >= 11 is 0. The average molecular weight is 364 g/mol. The molecule has 0 saturated heterocycles. The van der Waals surface area contributed by atoms with E-state index in [2.05, 4.69) is 6.07 Å². The van der Waals surface area contributed by atoms with Gasteiger partial charge in [-0.1, -0.05) is 36.4 Å². The van der Waals surface area contributed by atoms with E-state index in [1.54, 1.807) is 0 Å². The number of aromatic nitrogens is 1. The summed E-state index contributed by atoms with van der Waals surface area (Å²) in [7, 11) is 0. The summed E-state index contributed by atoms with van der Waals surface area (Å²) in [5.41, 5.74) is 3.11. The molecule has 4 heteroatoms. The van der Waals surface area contributed by atoms with E-state index in [4.69, 9.17) is 0 Å². The number of alkyl halides is 3. The molecule has 0 radical (unpaired) electrons. The highest BCUT2D eigenvalue weighted by Gasteiger charge is 2.31. The molecule has 3 aromatic carbocycles. The van der Waals surface area contributed by atoms with Crippen molar-refractivity contribution in [2.45, 2.75) is 13.1 Å². The van der Waals surface area contributed by atoms with Gasteiger partial charge in [0.25, 0.3) is 0 Å². The van der Waals surface area contributed by atoms with Crippen LogP contribution in [0.4, 0.5) is 13.2 Å². The van der Waals surface area contributed by atoms with Crippen molar-refractivity contribution in [3.05, 3.63) is 96.2 Å². The third-order valence-corrected chi connectivity index (χ3v) is 4.75. The average Bonchev–Trinajstić information content (AvgIpc) is 2.68. The predicted molar refractivity (Wildman–Crippen MR) is 101 cm³/mol. The Balaban J connectivity index is 1.99. The number of rotatable bonds is 2. The van der Waals surface area contributed by atoms with Crippen molar-refractivity contribution in [2.75, 3.05) is 0 Å². The van der Waals surface area contributed by atoms with Crippen molar-refractivity contribution in [2.24, 2.45) is 0 Å². The molecule has 0 fully saturated rings. The number of nitrogens with zero attached hydrogens (tertiary/aromatic N) is 1. The van der Waals surface area contributed by atoms with Gasteiger partial charge in [0.2, 0.25) is 11.4 Å². The SMILES string of the molecule is Cc1c(-c2ccccc2)[n+](-c2ccc(C(F)(F)F)cc2)cc2ccccc12. The predicted octanol–water partition coefficient (Wildman–Crippen LogP) is 6.11. The molecule has 1 aromatic heterocycles. The van der Waals surface area contributed by atoms with Crippen LogP contribution in [0.15, 0.2) is 85.1 Å². The molecule has 0 saturated carbocycles. The Kier molecular flexibility index (Phi) is 4.19. The van der Waals surface area contributed by atoms with Crippen LogP contribution in [0.1, 0.15) is 11.1 Å². The van der Waals surface area contributed by atoms with Gasteiger partial charge in [-0.25, -0.2) is 0 Å². The lowest BCUT2D eigenvalue weighted by atomic mass is 10.00. The van der Waals surface area contributed by atoms with E-state index < -0.39 is 11.7 Å². The van der Waals surface area contributed by atoms with Crippen molar-refractivity contribution < 1.29 is 17.7 Å².